The fraction of sp³-hybridized carbons (Fsp3) is 0.318. The van der Waals surface area contributed by atoms with Crippen LogP contribution in [0.25, 0.3) is 0 Å². The number of anilines is 1. The van der Waals surface area contributed by atoms with Crippen LogP contribution in [0.4, 0.5) is 5.69 Å². The second-order valence-electron chi connectivity index (χ2n) is 6.90. The topological polar surface area (TPSA) is 84.5 Å². The van der Waals surface area contributed by atoms with E-state index in [0.717, 1.165) is 11.1 Å². The number of imide groups is 1. The quantitative estimate of drug-likeness (QED) is 0.518. The van der Waals surface area contributed by atoms with E-state index in [4.69, 9.17) is 4.74 Å². The molecule has 3 amide bonds. The minimum Gasteiger partial charge on any atom is -0.377 e. The van der Waals surface area contributed by atoms with E-state index >= 15 is 0 Å². The largest absolute Gasteiger partial charge is 0.377 e. The van der Waals surface area contributed by atoms with E-state index in [1.54, 1.807) is 0 Å². The highest BCUT2D eigenvalue weighted by Crippen LogP contribution is 2.19. The van der Waals surface area contributed by atoms with Gasteiger partial charge in [0.15, 0.2) is 0 Å². The van der Waals surface area contributed by atoms with Crippen LogP contribution in [0, 0.1) is 5.92 Å². The van der Waals surface area contributed by atoms with Crippen LogP contribution in [0.5, 0.6) is 0 Å². The van der Waals surface area contributed by atoms with Gasteiger partial charge < -0.3 is 10.1 Å². The van der Waals surface area contributed by atoms with Crippen LogP contribution in [0.2, 0.25) is 0 Å². The molecule has 0 saturated carbocycles. The molecule has 2 aromatic carbocycles. The van der Waals surface area contributed by atoms with Gasteiger partial charge in [-0.1, -0.05) is 42.5 Å². The third kappa shape index (κ3) is 6.03. The van der Waals surface area contributed by atoms with Crippen molar-refractivity contribution in [1.82, 2.24) is 5.32 Å². The SMILES string of the molecule is O=C1CC(Cc2ccc(NC(=O)CCCOCc3ccccc3)cc2)C(=O)N1. The number of benzene rings is 2. The Kier molecular flexibility index (Phi) is 6.92. The van der Waals surface area contributed by atoms with Crippen LogP contribution in [0.15, 0.2) is 54.6 Å². The van der Waals surface area contributed by atoms with Gasteiger partial charge in [-0.2, -0.15) is 0 Å². The molecule has 6 heteroatoms. The molecular formula is C22H24N2O4. The predicted octanol–water partition coefficient (Wildman–Crippen LogP) is 2.83. The van der Waals surface area contributed by atoms with Crippen molar-refractivity contribution in [3.8, 4) is 0 Å². The summed E-state index contributed by atoms with van der Waals surface area (Å²) in [6.07, 6.45) is 1.80. The van der Waals surface area contributed by atoms with E-state index in [9.17, 15) is 14.4 Å². The summed E-state index contributed by atoms with van der Waals surface area (Å²) in [5.74, 6) is -0.788. The van der Waals surface area contributed by atoms with Crippen molar-refractivity contribution in [2.24, 2.45) is 5.92 Å². The van der Waals surface area contributed by atoms with E-state index in [0.29, 0.717) is 38.2 Å². The normalized spacial score (nSPS) is 16.1. The van der Waals surface area contributed by atoms with Gasteiger partial charge in [-0.15, -0.1) is 0 Å². The molecule has 3 rings (SSSR count). The summed E-state index contributed by atoms with van der Waals surface area (Å²) in [6.45, 7) is 1.08. The summed E-state index contributed by atoms with van der Waals surface area (Å²) >= 11 is 0. The monoisotopic (exact) mass is 380 g/mol. The lowest BCUT2D eigenvalue weighted by molar-refractivity contribution is -0.125. The molecule has 0 bridgehead atoms. The molecule has 1 aliphatic heterocycles. The lowest BCUT2D eigenvalue weighted by atomic mass is 9.98. The zero-order valence-electron chi connectivity index (χ0n) is 15.6. The summed E-state index contributed by atoms with van der Waals surface area (Å²) in [5.41, 5.74) is 2.79. The molecule has 0 aliphatic carbocycles. The first-order chi connectivity index (χ1) is 13.6. The Labute approximate surface area is 164 Å². The first-order valence-corrected chi connectivity index (χ1v) is 9.44. The lowest BCUT2D eigenvalue weighted by Crippen LogP contribution is -2.22. The van der Waals surface area contributed by atoms with Crippen LogP contribution in [0.3, 0.4) is 0 Å². The minimum absolute atomic E-state index is 0.0585. The molecule has 6 nitrogen and oxygen atoms in total. The summed E-state index contributed by atoms with van der Waals surface area (Å²) in [6, 6.07) is 17.3. The van der Waals surface area contributed by atoms with Gasteiger partial charge in [0.2, 0.25) is 17.7 Å². The number of rotatable bonds is 9. The highest BCUT2D eigenvalue weighted by atomic mass is 16.5. The molecule has 1 saturated heterocycles. The zero-order valence-corrected chi connectivity index (χ0v) is 15.6. The van der Waals surface area contributed by atoms with Crippen LogP contribution >= 0.6 is 0 Å². The average Bonchev–Trinajstić information content (AvgIpc) is 3.01. The minimum atomic E-state index is -0.302. The van der Waals surface area contributed by atoms with Crippen molar-refractivity contribution in [2.75, 3.05) is 11.9 Å². The summed E-state index contributed by atoms with van der Waals surface area (Å²) in [7, 11) is 0. The first-order valence-electron chi connectivity index (χ1n) is 9.44. The standard InChI is InChI=1S/C22H24N2O4/c25-20(7-4-12-28-15-17-5-2-1-3-6-17)23-19-10-8-16(9-11-19)13-18-14-21(26)24-22(18)27/h1-3,5-6,8-11,18H,4,7,12-15H2,(H,23,25)(H,24,26,27). The number of carbonyl (C=O) groups is 3. The van der Waals surface area contributed by atoms with Crippen molar-refractivity contribution < 1.29 is 19.1 Å². The molecule has 28 heavy (non-hydrogen) atoms. The zero-order chi connectivity index (χ0) is 19.8. The number of amides is 3. The molecule has 2 aromatic rings. The van der Waals surface area contributed by atoms with Crippen LogP contribution in [0.1, 0.15) is 30.4 Å². The van der Waals surface area contributed by atoms with E-state index in [2.05, 4.69) is 10.6 Å². The second-order valence-corrected chi connectivity index (χ2v) is 6.90. The van der Waals surface area contributed by atoms with Crippen LogP contribution in [-0.2, 0) is 32.1 Å². The summed E-state index contributed by atoms with van der Waals surface area (Å²) < 4.78 is 5.58. The van der Waals surface area contributed by atoms with Crippen molar-refractivity contribution in [1.29, 1.82) is 0 Å². The Morgan fingerprint density at radius 3 is 2.46 bits per heavy atom. The van der Waals surface area contributed by atoms with Gasteiger partial charge in [-0.25, -0.2) is 0 Å². The second kappa shape index (κ2) is 9.80. The Bertz CT molecular complexity index is 818. The van der Waals surface area contributed by atoms with Gasteiger partial charge in [-0.05, 0) is 36.1 Å². The maximum absolute atomic E-state index is 12.0. The molecule has 0 spiro atoms. The number of carbonyl (C=O) groups excluding carboxylic acids is 3. The van der Waals surface area contributed by atoms with Gasteiger partial charge in [-0.3, -0.25) is 19.7 Å². The summed E-state index contributed by atoms with van der Waals surface area (Å²) in [5, 5.41) is 5.18. The van der Waals surface area contributed by atoms with Gasteiger partial charge in [0.1, 0.15) is 0 Å². The molecule has 1 unspecified atom stereocenters. The fourth-order valence-electron chi connectivity index (χ4n) is 3.10. The molecule has 1 aliphatic rings. The van der Waals surface area contributed by atoms with Gasteiger partial charge >= 0.3 is 0 Å². The first kappa shape index (κ1) is 19.8. The predicted molar refractivity (Wildman–Crippen MR) is 105 cm³/mol. The Hall–Kier alpha value is -2.99. The molecule has 0 aromatic heterocycles. The Balaban J connectivity index is 1.35. The maximum Gasteiger partial charge on any atom is 0.230 e. The molecule has 0 radical (unpaired) electrons. The number of hydrogen-bond acceptors (Lipinski definition) is 4. The van der Waals surface area contributed by atoms with Crippen molar-refractivity contribution in [3.63, 3.8) is 0 Å². The third-order valence-electron chi connectivity index (χ3n) is 4.59. The molecule has 2 N–H and O–H groups in total. The number of hydrogen-bond donors (Lipinski definition) is 2. The highest BCUT2D eigenvalue weighted by Gasteiger charge is 2.30. The smallest absolute Gasteiger partial charge is 0.230 e. The van der Waals surface area contributed by atoms with E-state index in [1.807, 2.05) is 54.6 Å². The fourth-order valence-corrected chi connectivity index (χ4v) is 3.10. The molecule has 1 atom stereocenters. The highest BCUT2D eigenvalue weighted by molar-refractivity contribution is 6.03. The van der Waals surface area contributed by atoms with Gasteiger partial charge in [0.05, 0.1) is 12.5 Å². The lowest BCUT2D eigenvalue weighted by Gasteiger charge is -2.09. The molecule has 146 valence electrons. The van der Waals surface area contributed by atoms with Crippen LogP contribution in [-0.4, -0.2) is 24.3 Å². The van der Waals surface area contributed by atoms with Crippen molar-refractivity contribution >= 4 is 23.4 Å². The summed E-state index contributed by atoms with van der Waals surface area (Å²) in [4.78, 5) is 34.9. The van der Waals surface area contributed by atoms with Crippen molar-refractivity contribution in [3.05, 3.63) is 65.7 Å². The molecular weight excluding hydrogens is 356 g/mol. The van der Waals surface area contributed by atoms with E-state index in [-0.39, 0.29) is 30.1 Å². The third-order valence-corrected chi connectivity index (χ3v) is 4.59. The Morgan fingerprint density at radius 2 is 1.79 bits per heavy atom. The Morgan fingerprint density at radius 1 is 1.04 bits per heavy atom. The van der Waals surface area contributed by atoms with Gasteiger partial charge in [0, 0.05) is 25.1 Å². The maximum atomic E-state index is 12.0. The van der Waals surface area contributed by atoms with E-state index in [1.165, 1.54) is 0 Å². The number of nitrogens with one attached hydrogen (secondary N) is 2. The van der Waals surface area contributed by atoms with Gasteiger partial charge in [0.25, 0.3) is 0 Å². The van der Waals surface area contributed by atoms with Crippen LogP contribution < -0.4 is 10.6 Å². The number of ether oxygens (including phenoxy) is 1. The van der Waals surface area contributed by atoms with Crippen molar-refractivity contribution in [2.45, 2.75) is 32.3 Å². The molecule has 1 heterocycles. The van der Waals surface area contributed by atoms with E-state index < -0.39 is 0 Å². The molecule has 1 fully saturated rings. The average molecular weight is 380 g/mol.